The number of nitrogens with two attached hydrogens (primary N) is 1. The van der Waals surface area contributed by atoms with Crippen LogP contribution in [0.3, 0.4) is 0 Å². The van der Waals surface area contributed by atoms with E-state index in [2.05, 4.69) is 0 Å². The largest absolute Gasteiger partial charge is 0.496 e. The van der Waals surface area contributed by atoms with Crippen molar-refractivity contribution in [1.29, 1.82) is 0 Å². The average Bonchev–Trinajstić information content (AvgIpc) is 3.18. The van der Waals surface area contributed by atoms with Crippen LogP contribution < -0.4 is 10.5 Å². The van der Waals surface area contributed by atoms with Gasteiger partial charge in [0.05, 0.1) is 24.3 Å². The van der Waals surface area contributed by atoms with Gasteiger partial charge in [-0.05, 0) is 65.4 Å². The highest BCUT2D eigenvalue weighted by Gasteiger charge is 2.42. The van der Waals surface area contributed by atoms with Gasteiger partial charge in [-0.15, -0.1) is 0 Å². The number of carbonyl (C=O) groups is 1. The molecule has 1 aliphatic heterocycles. The Morgan fingerprint density at radius 1 is 1.09 bits per heavy atom. The quantitative estimate of drug-likeness (QED) is 0.443. The fourth-order valence-electron chi connectivity index (χ4n) is 5.01. The zero-order valence-electron chi connectivity index (χ0n) is 20.0. The summed E-state index contributed by atoms with van der Waals surface area (Å²) in [6.07, 6.45) is 0.170. The van der Waals surface area contributed by atoms with Gasteiger partial charge in [0.15, 0.2) is 0 Å². The van der Waals surface area contributed by atoms with Gasteiger partial charge in [-0.2, -0.15) is 0 Å². The maximum Gasteiger partial charge on any atom is 0.338 e. The second kappa shape index (κ2) is 9.40. The number of aliphatic hydroxyl groups is 1. The van der Waals surface area contributed by atoms with Gasteiger partial charge in [0.1, 0.15) is 24.0 Å². The zero-order chi connectivity index (χ0) is 25.4. The molecule has 0 aromatic heterocycles. The van der Waals surface area contributed by atoms with E-state index in [0.717, 1.165) is 0 Å². The number of carbonyl (C=O) groups excluding carboxylic acids is 1. The molecule has 0 bridgehead atoms. The van der Waals surface area contributed by atoms with Crippen molar-refractivity contribution in [3.05, 3.63) is 100 Å². The molecule has 3 aromatic carbocycles. The summed E-state index contributed by atoms with van der Waals surface area (Å²) >= 11 is 0. The van der Waals surface area contributed by atoms with Crippen LogP contribution in [-0.4, -0.2) is 23.8 Å². The van der Waals surface area contributed by atoms with E-state index in [9.17, 15) is 18.7 Å². The Morgan fingerprint density at radius 2 is 1.83 bits per heavy atom. The Hall–Kier alpha value is -3.29. The number of benzene rings is 3. The number of ether oxygens (including phenoxy) is 2. The van der Waals surface area contributed by atoms with E-state index in [4.69, 9.17) is 15.2 Å². The molecule has 4 rings (SSSR count). The lowest BCUT2D eigenvalue weighted by Crippen LogP contribution is -2.47. The Bertz CT molecular complexity index is 1260. The summed E-state index contributed by atoms with van der Waals surface area (Å²) in [5.41, 5.74) is 7.30. The number of hydrogen-bond acceptors (Lipinski definition) is 5. The standard InChI is InChI=1S/C28H29F2NO4/c1-27(2,23-13-21(30)8-10-24(23)34-3)16-28(33,14-17-5-4-6-20(29)11-17)25(31)18-7-9-22-19(12-18)15-35-26(22)32/h4-13,25,33H,14-16,31H2,1-3H3. The van der Waals surface area contributed by atoms with Gasteiger partial charge in [-0.25, -0.2) is 13.6 Å². The first-order chi connectivity index (χ1) is 16.5. The minimum Gasteiger partial charge on any atom is -0.496 e. The number of esters is 1. The summed E-state index contributed by atoms with van der Waals surface area (Å²) in [6, 6.07) is 14.5. The van der Waals surface area contributed by atoms with Gasteiger partial charge in [0.25, 0.3) is 0 Å². The maximum atomic E-state index is 14.2. The summed E-state index contributed by atoms with van der Waals surface area (Å²) in [4.78, 5) is 11.9. The van der Waals surface area contributed by atoms with Gasteiger partial charge < -0.3 is 20.3 Å². The molecule has 3 aromatic rings. The number of methoxy groups -OCH3 is 1. The molecule has 2 atom stereocenters. The van der Waals surface area contributed by atoms with Crippen LogP contribution in [0.2, 0.25) is 0 Å². The summed E-state index contributed by atoms with van der Waals surface area (Å²) in [5, 5.41) is 12.1. The maximum absolute atomic E-state index is 14.2. The molecule has 1 aliphatic rings. The molecule has 2 unspecified atom stereocenters. The molecule has 1 heterocycles. The molecular weight excluding hydrogens is 452 g/mol. The third-order valence-corrected chi connectivity index (χ3v) is 6.68. The normalized spacial score (nSPS) is 15.8. The average molecular weight is 482 g/mol. The molecule has 0 aliphatic carbocycles. The molecule has 0 fully saturated rings. The first-order valence-corrected chi connectivity index (χ1v) is 11.4. The summed E-state index contributed by atoms with van der Waals surface area (Å²) in [7, 11) is 1.51. The highest BCUT2D eigenvalue weighted by Crippen LogP contribution is 2.43. The van der Waals surface area contributed by atoms with Gasteiger partial charge in [-0.3, -0.25) is 0 Å². The predicted molar refractivity (Wildman–Crippen MR) is 128 cm³/mol. The molecule has 0 saturated carbocycles. The highest BCUT2D eigenvalue weighted by atomic mass is 19.1. The summed E-state index contributed by atoms with van der Waals surface area (Å²) in [6.45, 7) is 3.90. The molecule has 0 amide bonds. The predicted octanol–water partition coefficient (Wildman–Crippen LogP) is 4.99. The number of halogens is 2. The van der Waals surface area contributed by atoms with Crippen molar-refractivity contribution in [2.45, 2.75) is 50.4 Å². The van der Waals surface area contributed by atoms with Gasteiger partial charge in [-0.1, -0.05) is 32.0 Å². The Morgan fingerprint density at radius 3 is 2.54 bits per heavy atom. The fourth-order valence-corrected chi connectivity index (χ4v) is 5.01. The number of rotatable bonds is 8. The van der Waals surface area contributed by atoms with Crippen LogP contribution in [-0.2, 0) is 23.2 Å². The van der Waals surface area contributed by atoms with Crippen LogP contribution in [0.25, 0.3) is 0 Å². The van der Waals surface area contributed by atoms with Crippen LogP contribution in [0.15, 0.2) is 60.7 Å². The van der Waals surface area contributed by atoms with Crippen molar-refractivity contribution >= 4 is 5.97 Å². The second-order valence-corrected chi connectivity index (χ2v) is 9.79. The van der Waals surface area contributed by atoms with E-state index in [1.54, 1.807) is 36.4 Å². The second-order valence-electron chi connectivity index (χ2n) is 9.79. The van der Waals surface area contributed by atoms with Crippen LogP contribution >= 0.6 is 0 Å². The van der Waals surface area contributed by atoms with Crippen LogP contribution in [0, 0.1) is 11.6 Å². The van der Waals surface area contributed by atoms with E-state index in [1.807, 2.05) is 13.8 Å². The number of hydrogen-bond donors (Lipinski definition) is 2. The molecule has 0 radical (unpaired) electrons. The lowest BCUT2D eigenvalue weighted by Gasteiger charge is -2.41. The topological polar surface area (TPSA) is 81.8 Å². The Kier molecular flexibility index (Phi) is 6.66. The van der Waals surface area contributed by atoms with Gasteiger partial charge >= 0.3 is 5.97 Å². The van der Waals surface area contributed by atoms with Crippen molar-refractivity contribution in [1.82, 2.24) is 0 Å². The molecule has 7 heteroatoms. The van der Waals surface area contributed by atoms with E-state index in [1.165, 1.54) is 31.4 Å². The number of cyclic esters (lactones) is 1. The molecule has 35 heavy (non-hydrogen) atoms. The molecule has 0 spiro atoms. The third-order valence-electron chi connectivity index (χ3n) is 6.68. The lowest BCUT2D eigenvalue weighted by molar-refractivity contribution is -0.0120. The zero-order valence-corrected chi connectivity index (χ0v) is 20.0. The summed E-state index contributed by atoms with van der Waals surface area (Å²) < 4.78 is 38.7. The van der Waals surface area contributed by atoms with Crippen LogP contribution in [0.4, 0.5) is 8.78 Å². The SMILES string of the molecule is COc1ccc(F)cc1C(C)(C)CC(O)(Cc1cccc(F)c1)C(N)c1ccc2c(c1)COC2=O. The van der Waals surface area contributed by atoms with Crippen molar-refractivity contribution in [2.75, 3.05) is 7.11 Å². The molecule has 0 saturated heterocycles. The van der Waals surface area contributed by atoms with E-state index >= 15 is 0 Å². The molecule has 184 valence electrons. The molecule has 3 N–H and O–H groups in total. The van der Waals surface area contributed by atoms with Crippen molar-refractivity contribution in [2.24, 2.45) is 5.73 Å². The van der Waals surface area contributed by atoms with Gasteiger partial charge in [0, 0.05) is 17.5 Å². The minimum absolute atomic E-state index is 0.0551. The fraction of sp³-hybridized carbons (Fsp3) is 0.321. The first-order valence-electron chi connectivity index (χ1n) is 11.4. The first kappa shape index (κ1) is 24.8. The number of fused-ring (bicyclic) bond motifs is 1. The van der Waals surface area contributed by atoms with Crippen LogP contribution in [0.1, 0.15) is 58.9 Å². The third kappa shape index (κ3) is 5.06. The van der Waals surface area contributed by atoms with Gasteiger partial charge in [0.2, 0.25) is 0 Å². The van der Waals surface area contributed by atoms with E-state index in [-0.39, 0.29) is 19.4 Å². The Balaban J connectivity index is 1.76. The van der Waals surface area contributed by atoms with E-state index < -0.39 is 34.7 Å². The van der Waals surface area contributed by atoms with Crippen molar-refractivity contribution < 1.29 is 28.2 Å². The van der Waals surface area contributed by atoms with E-state index in [0.29, 0.717) is 33.6 Å². The Labute approximate surface area is 203 Å². The summed E-state index contributed by atoms with van der Waals surface area (Å²) in [5.74, 6) is -0.742. The van der Waals surface area contributed by atoms with Crippen molar-refractivity contribution in [3.63, 3.8) is 0 Å². The highest BCUT2D eigenvalue weighted by molar-refractivity contribution is 5.93. The smallest absolute Gasteiger partial charge is 0.338 e. The molecule has 5 nitrogen and oxygen atoms in total. The van der Waals surface area contributed by atoms with Crippen molar-refractivity contribution in [3.8, 4) is 5.75 Å². The van der Waals surface area contributed by atoms with Crippen LogP contribution in [0.5, 0.6) is 5.75 Å². The minimum atomic E-state index is -1.56. The molecular formula is C28H29F2NO4. The monoisotopic (exact) mass is 481 g/mol. The lowest BCUT2D eigenvalue weighted by atomic mass is 9.69.